The number of hydrazine groups is 1. The molecular formula is C22H24N4O2. The number of hydrogen-bond acceptors (Lipinski definition) is 6. The predicted octanol–water partition coefficient (Wildman–Crippen LogP) is 2.93. The predicted molar refractivity (Wildman–Crippen MR) is 106 cm³/mol. The molecule has 5 atom stereocenters. The number of nitrogens with two attached hydrogens (primary N) is 1. The number of ether oxygens (including phenoxy) is 2. The van der Waals surface area contributed by atoms with E-state index in [1.165, 1.54) is 5.56 Å². The molecule has 144 valence electrons. The van der Waals surface area contributed by atoms with E-state index in [2.05, 4.69) is 36.0 Å². The van der Waals surface area contributed by atoms with Crippen LogP contribution in [0, 0.1) is 23.2 Å². The van der Waals surface area contributed by atoms with Crippen molar-refractivity contribution < 1.29 is 9.47 Å². The summed E-state index contributed by atoms with van der Waals surface area (Å²) in [7, 11) is 1.65. The van der Waals surface area contributed by atoms with Gasteiger partial charge < -0.3 is 15.2 Å². The number of nitrogens with zero attached hydrogens (tertiary/aromatic N) is 1. The molecule has 0 bridgehead atoms. The summed E-state index contributed by atoms with van der Waals surface area (Å²) in [4.78, 5) is 0. The van der Waals surface area contributed by atoms with E-state index in [1.807, 2.05) is 42.5 Å². The number of allylic oxidation sites excluding steroid dienone is 1. The summed E-state index contributed by atoms with van der Waals surface area (Å²) in [5.41, 5.74) is 15.5. The maximum Gasteiger partial charge on any atom is 0.200 e. The van der Waals surface area contributed by atoms with Gasteiger partial charge in [0.15, 0.2) is 12.1 Å². The van der Waals surface area contributed by atoms with Gasteiger partial charge in [-0.25, -0.2) is 10.9 Å². The van der Waals surface area contributed by atoms with Gasteiger partial charge in [0.1, 0.15) is 11.8 Å². The summed E-state index contributed by atoms with van der Waals surface area (Å²) in [5.74, 6) is 1.04. The molecule has 5 unspecified atom stereocenters. The Balaban J connectivity index is 1.75. The molecule has 2 aliphatic rings. The van der Waals surface area contributed by atoms with E-state index in [9.17, 15) is 5.26 Å². The van der Waals surface area contributed by atoms with Crippen molar-refractivity contribution >= 4 is 0 Å². The molecule has 6 heteroatoms. The number of benzene rings is 2. The van der Waals surface area contributed by atoms with Crippen LogP contribution in [0.25, 0.3) is 0 Å². The van der Waals surface area contributed by atoms with Crippen LogP contribution in [0.5, 0.6) is 5.75 Å². The highest BCUT2D eigenvalue weighted by molar-refractivity contribution is 5.37. The number of methoxy groups -OCH3 is 1. The molecule has 0 aromatic heterocycles. The molecule has 1 saturated heterocycles. The molecule has 2 heterocycles. The van der Waals surface area contributed by atoms with Gasteiger partial charge in [-0.2, -0.15) is 5.26 Å². The van der Waals surface area contributed by atoms with Crippen LogP contribution < -0.4 is 21.3 Å². The standard InChI is InChI=1S/C22H24N4O2/c1-13(14-6-4-3-5-7-14)18-17(12-23)21(24)28-22-19(18)20(25-26-22)15-8-10-16(27-2)11-9-15/h3-11,13,18-20,22,25-26H,24H2,1-2H3. The van der Waals surface area contributed by atoms with Gasteiger partial charge in [-0.15, -0.1) is 0 Å². The van der Waals surface area contributed by atoms with E-state index in [0.717, 1.165) is 11.3 Å². The molecule has 0 saturated carbocycles. The summed E-state index contributed by atoms with van der Waals surface area (Å²) >= 11 is 0. The summed E-state index contributed by atoms with van der Waals surface area (Å²) in [6.45, 7) is 2.15. The van der Waals surface area contributed by atoms with E-state index in [0.29, 0.717) is 5.57 Å². The van der Waals surface area contributed by atoms with Gasteiger partial charge in [0.2, 0.25) is 0 Å². The molecule has 0 amide bonds. The van der Waals surface area contributed by atoms with Crippen LogP contribution in [0.3, 0.4) is 0 Å². The van der Waals surface area contributed by atoms with Crippen LogP contribution >= 0.6 is 0 Å². The zero-order valence-corrected chi connectivity index (χ0v) is 15.9. The zero-order chi connectivity index (χ0) is 19.7. The fourth-order valence-corrected chi connectivity index (χ4v) is 4.39. The third-order valence-corrected chi connectivity index (χ3v) is 5.84. The lowest BCUT2D eigenvalue weighted by atomic mass is 9.70. The highest BCUT2D eigenvalue weighted by Crippen LogP contribution is 2.48. The normalized spacial score (nSPS) is 27.5. The molecule has 1 fully saturated rings. The van der Waals surface area contributed by atoms with E-state index in [-0.39, 0.29) is 35.9 Å². The van der Waals surface area contributed by atoms with Crippen molar-refractivity contribution in [2.45, 2.75) is 25.1 Å². The number of nitrogens with one attached hydrogen (secondary N) is 2. The number of rotatable bonds is 4. The zero-order valence-electron chi connectivity index (χ0n) is 15.9. The van der Waals surface area contributed by atoms with Gasteiger partial charge in [0, 0.05) is 11.8 Å². The van der Waals surface area contributed by atoms with E-state index >= 15 is 0 Å². The van der Waals surface area contributed by atoms with Crippen molar-refractivity contribution in [3.63, 3.8) is 0 Å². The van der Waals surface area contributed by atoms with Crippen LogP contribution in [-0.4, -0.2) is 13.3 Å². The molecule has 4 rings (SSSR count). The van der Waals surface area contributed by atoms with Crippen molar-refractivity contribution in [1.29, 1.82) is 5.26 Å². The lowest BCUT2D eigenvalue weighted by Crippen LogP contribution is -2.43. The quantitative estimate of drug-likeness (QED) is 0.760. The molecule has 2 aromatic rings. The Kier molecular flexibility index (Phi) is 4.95. The smallest absolute Gasteiger partial charge is 0.200 e. The Bertz CT molecular complexity index is 904. The van der Waals surface area contributed by atoms with Gasteiger partial charge in [0.05, 0.1) is 18.7 Å². The van der Waals surface area contributed by atoms with Crippen LogP contribution in [-0.2, 0) is 4.74 Å². The average Bonchev–Trinajstić information content (AvgIpc) is 3.16. The third kappa shape index (κ3) is 3.09. The van der Waals surface area contributed by atoms with Gasteiger partial charge in [-0.05, 0) is 29.2 Å². The van der Waals surface area contributed by atoms with Crippen molar-refractivity contribution in [2.75, 3.05) is 7.11 Å². The Labute approximate surface area is 164 Å². The molecule has 0 spiro atoms. The largest absolute Gasteiger partial charge is 0.497 e. The van der Waals surface area contributed by atoms with Crippen molar-refractivity contribution in [3.05, 3.63) is 77.2 Å². The first-order valence-electron chi connectivity index (χ1n) is 9.40. The van der Waals surface area contributed by atoms with Crippen LogP contribution in [0.1, 0.15) is 30.0 Å². The molecule has 0 aliphatic carbocycles. The fourth-order valence-electron chi connectivity index (χ4n) is 4.39. The molecule has 2 aromatic carbocycles. The fraction of sp³-hybridized carbons (Fsp3) is 0.318. The molecule has 0 radical (unpaired) electrons. The second-order valence-corrected chi connectivity index (χ2v) is 7.27. The van der Waals surface area contributed by atoms with E-state index < -0.39 is 0 Å². The highest BCUT2D eigenvalue weighted by atomic mass is 16.5. The Morgan fingerprint density at radius 3 is 2.46 bits per heavy atom. The number of hydrogen-bond donors (Lipinski definition) is 3. The van der Waals surface area contributed by atoms with Gasteiger partial charge in [-0.3, -0.25) is 0 Å². The first-order valence-corrected chi connectivity index (χ1v) is 9.40. The topological polar surface area (TPSA) is 92.3 Å². The van der Waals surface area contributed by atoms with E-state index in [4.69, 9.17) is 15.2 Å². The van der Waals surface area contributed by atoms with Crippen LogP contribution in [0.4, 0.5) is 0 Å². The van der Waals surface area contributed by atoms with Crippen molar-refractivity contribution in [1.82, 2.24) is 10.9 Å². The monoisotopic (exact) mass is 376 g/mol. The average molecular weight is 376 g/mol. The minimum atomic E-state index is -0.305. The van der Waals surface area contributed by atoms with Crippen LogP contribution in [0.2, 0.25) is 0 Å². The van der Waals surface area contributed by atoms with Gasteiger partial charge >= 0.3 is 0 Å². The second kappa shape index (κ2) is 7.55. The Hall–Kier alpha value is -3.01. The SMILES string of the molecule is COc1ccc(C2NNC3OC(N)=C(C#N)C(C(C)c4ccccc4)C32)cc1. The van der Waals surface area contributed by atoms with Crippen molar-refractivity contribution in [2.24, 2.45) is 17.6 Å². The summed E-state index contributed by atoms with van der Waals surface area (Å²) in [6.07, 6.45) is -0.305. The maximum atomic E-state index is 9.85. The minimum Gasteiger partial charge on any atom is -0.497 e. The first-order chi connectivity index (χ1) is 13.6. The summed E-state index contributed by atoms with van der Waals surface area (Å²) < 4.78 is 11.1. The first kappa shape index (κ1) is 18.4. The van der Waals surface area contributed by atoms with Gasteiger partial charge in [-0.1, -0.05) is 49.4 Å². The molecule has 28 heavy (non-hydrogen) atoms. The molecule has 4 N–H and O–H groups in total. The highest BCUT2D eigenvalue weighted by Gasteiger charge is 2.50. The van der Waals surface area contributed by atoms with Crippen molar-refractivity contribution in [3.8, 4) is 11.8 Å². The van der Waals surface area contributed by atoms with Gasteiger partial charge in [0.25, 0.3) is 0 Å². The second-order valence-electron chi connectivity index (χ2n) is 7.27. The third-order valence-electron chi connectivity index (χ3n) is 5.84. The number of nitriles is 1. The van der Waals surface area contributed by atoms with E-state index in [1.54, 1.807) is 7.11 Å². The molecule has 6 nitrogen and oxygen atoms in total. The lowest BCUT2D eigenvalue weighted by molar-refractivity contribution is 0.0150. The number of fused-ring (bicyclic) bond motifs is 1. The molecular weight excluding hydrogens is 352 g/mol. The maximum absolute atomic E-state index is 9.85. The summed E-state index contributed by atoms with van der Waals surface area (Å²) in [6, 6.07) is 20.5. The Morgan fingerprint density at radius 1 is 1.11 bits per heavy atom. The van der Waals surface area contributed by atoms with Crippen LogP contribution in [0.15, 0.2) is 66.1 Å². The summed E-state index contributed by atoms with van der Waals surface area (Å²) in [5, 5.41) is 9.85. The molecule has 2 aliphatic heterocycles. The minimum absolute atomic E-state index is 0.00514. The lowest BCUT2D eigenvalue weighted by Gasteiger charge is -2.39. The Morgan fingerprint density at radius 2 is 1.82 bits per heavy atom.